The molecule has 0 bridgehead atoms. The topological polar surface area (TPSA) is 38.3 Å². The first kappa shape index (κ1) is 15.8. The summed E-state index contributed by atoms with van der Waals surface area (Å²) in [6.45, 7) is -0.139. The number of hydrogen-bond acceptors (Lipinski definition) is 2. The second-order valence-electron chi connectivity index (χ2n) is 5.68. The van der Waals surface area contributed by atoms with Crippen molar-refractivity contribution in [2.24, 2.45) is 5.92 Å². The van der Waals surface area contributed by atoms with Crippen molar-refractivity contribution in [3.8, 4) is 5.75 Å². The summed E-state index contributed by atoms with van der Waals surface area (Å²) >= 11 is 5.91. The zero-order chi connectivity index (χ0) is 16.2. The van der Waals surface area contributed by atoms with E-state index in [2.05, 4.69) is 5.32 Å². The molecule has 0 saturated heterocycles. The van der Waals surface area contributed by atoms with Crippen LogP contribution in [0.25, 0.3) is 0 Å². The Morgan fingerprint density at radius 3 is 2.65 bits per heavy atom. The van der Waals surface area contributed by atoms with Gasteiger partial charge in [-0.05, 0) is 48.6 Å². The molecule has 0 spiro atoms. The molecule has 0 aliphatic heterocycles. The lowest BCUT2D eigenvalue weighted by atomic mass is 10.0. The van der Waals surface area contributed by atoms with E-state index in [9.17, 15) is 9.18 Å². The van der Waals surface area contributed by atoms with Gasteiger partial charge in [-0.1, -0.05) is 29.8 Å². The van der Waals surface area contributed by atoms with Crippen molar-refractivity contribution < 1.29 is 13.9 Å². The Balaban J connectivity index is 1.59. The first-order valence-corrected chi connectivity index (χ1v) is 7.93. The van der Waals surface area contributed by atoms with E-state index in [4.69, 9.17) is 16.3 Å². The summed E-state index contributed by atoms with van der Waals surface area (Å²) in [4.78, 5) is 12.1. The molecule has 1 atom stereocenters. The Morgan fingerprint density at radius 1 is 1.26 bits per heavy atom. The Hall–Kier alpha value is -2.07. The van der Waals surface area contributed by atoms with Gasteiger partial charge >= 0.3 is 0 Å². The van der Waals surface area contributed by atoms with Gasteiger partial charge in [0.2, 0.25) is 0 Å². The molecule has 5 heteroatoms. The number of hydrogen-bond donors (Lipinski definition) is 1. The van der Waals surface area contributed by atoms with Crippen LogP contribution in [0, 0.1) is 11.7 Å². The number of nitrogens with one attached hydrogen (secondary N) is 1. The zero-order valence-electron chi connectivity index (χ0n) is 12.5. The van der Waals surface area contributed by atoms with Gasteiger partial charge in [-0.3, -0.25) is 4.79 Å². The van der Waals surface area contributed by atoms with Gasteiger partial charge in [-0.25, -0.2) is 4.39 Å². The highest BCUT2D eigenvalue weighted by Crippen LogP contribution is 2.41. The third-order valence-electron chi connectivity index (χ3n) is 3.81. The van der Waals surface area contributed by atoms with Crippen LogP contribution < -0.4 is 10.1 Å². The molecule has 1 aliphatic rings. The summed E-state index contributed by atoms with van der Waals surface area (Å²) < 4.78 is 18.4. The molecule has 0 unspecified atom stereocenters. The molecular weight excluding hydrogens is 317 g/mol. The Morgan fingerprint density at radius 2 is 2.00 bits per heavy atom. The van der Waals surface area contributed by atoms with Crippen LogP contribution in [0.15, 0.2) is 48.5 Å². The van der Waals surface area contributed by atoms with Crippen LogP contribution in [-0.4, -0.2) is 12.5 Å². The van der Waals surface area contributed by atoms with Crippen molar-refractivity contribution >= 4 is 17.5 Å². The second kappa shape index (κ2) is 7.01. The summed E-state index contributed by atoms with van der Waals surface area (Å²) in [7, 11) is 0. The quantitative estimate of drug-likeness (QED) is 0.863. The molecule has 0 heterocycles. The third kappa shape index (κ3) is 4.45. The molecule has 1 amide bonds. The van der Waals surface area contributed by atoms with Crippen molar-refractivity contribution in [2.75, 3.05) is 6.61 Å². The predicted molar refractivity (Wildman–Crippen MR) is 87.0 cm³/mol. The standard InChI is InChI=1S/C18H17ClFNO2/c19-14-8-6-13(7-9-14)18(12-4-5-12)21-17(22)11-23-16-3-1-2-15(20)10-16/h1-3,6-10,12,18H,4-5,11H2,(H,21,22)/t18-/m0/s1. The number of benzene rings is 2. The predicted octanol–water partition coefficient (Wildman–Crippen LogP) is 4.13. The Labute approximate surface area is 139 Å². The monoisotopic (exact) mass is 333 g/mol. The lowest BCUT2D eigenvalue weighted by Crippen LogP contribution is -2.33. The lowest BCUT2D eigenvalue weighted by molar-refractivity contribution is -0.124. The van der Waals surface area contributed by atoms with Crippen LogP contribution in [0.4, 0.5) is 4.39 Å². The minimum absolute atomic E-state index is 0.0316. The molecule has 0 aromatic heterocycles. The zero-order valence-corrected chi connectivity index (χ0v) is 13.2. The van der Waals surface area contributed by atoms with Gasteiger partial charge in [0.1, 0.15) is 11.6 Å². The molecular formula is C18H17ClFNO2. The van der Waals surface area contributed by atoms with E-state index in [-0.39, 0.29) is 24.4 Å². The molecule has 23 heavy (non-hydrogen) atoms. The number of carbonyl (C=O) groups is 1. The first-order chi connectivity index (χ1) is 11.1. The van der Waals surface area contributed by atoms with Gasteiger partial charge < -0.3 is 10.1 Å². The van der Waals surface area contributed by atoms with Crippen molar-refractivity contribution in [3.63, 3.8) is 0 Å². The summed E-state index contributed by atoms with van der Waals surface area (Å²) in [5.41, 5.74) is 1.04. The second-order valence-corrected chi connectivity index (χ2v) is 6.12. The lowest BCUT2D eigenvalue weighted by Gasteiger charge is -2.19. The fraction of sp³-hybridized carbons (Fsp3) is 0.278. The van der Waals surface area contributed by atoms with Crippen LogP contribution in [0.5, 0.6) is 5.75 Å². The molecule has 2 aromatic carbocycles. The number of carbonyl (C=O) groups excluding carboxylic acids is 1. The molecule has 120 valence electrons. The number of rotatable bonds is 6. The van der Waals surface area contributed by atoms with Crippen LogP contribution >= 0.6 is 11.6 Å². The largest absolute Gasteiger partial charge is 0.484 e. The molecule has 3 rings (SSSR count). The van der Waals surface area contributed by atoms with E-state index in [0.717, 1.165) is 18.4 Å². The van der Waals surface area contributed by atoms with Crippen molar-refractivity contribution in [3.05, 3.63) is 64.9 Å². The molecule has 1 saturated carbocycles. The SMILES string of the molecule is O=C(COc1cccc(F)c1)N[C@H](c1ccc(Cl)cc1)C1CC1. The van der Waals surface area contributed by atoms with Crippen LogP contribution in [0.3, 0.4) is 0 Å². The van der Waals surface area contributed by atoms with Gasteiger partial charge in [0.05, 0.1) is 6.04 Å². The average Bonchev–Trinajstić information content (AvgIpc) is 3.36. The summed E-state index contributed by atoms with van der Waals surface area (Å²) in [6, 6.07) is 13.2. The minimum atomic E-state index is -0.389. The van der Waals surface area contributed by atoms with Gasteiger partial charge in [-0.15, -0.1) is 0 Å². The summed E-state index contributed by atoms with van der Waals surface area (Å²) in [6.07, 6.45) is 2.19. The van der Waals surface area contributed by atoms with Crippen molar-refractivity contribution in [2.45, 2.75) is 18.9 Å². The first-order valence-electron chi connectivity index (χ1n) is 7.55. The average molecular weight is 334 g/mol. The van der Waals surface area contributed by atoms with Gasteiger partial charge in [0, 0.05) is 11.1 Å². The van der Waals surface area contributed by atoms with E-state index in [1.807, 2.05) is 24.3 Å². The molecule has 1 aliphatic carbocycles. The van der Waals surface area contributed by atoms with Gasteiger partial charge in [0.15, 0.2) is 6.61 Å². The van der Waals surface area contributed by atoms with E-state index in [1.165, 1.54) is 12.1 Å². The molecule has 1 N–H and O–H groups in total. The van der Waals surface area contributed by atoms with Gasteiger partial charge in [-0.2, -0.15) is 0 Å². The highest BCUT2D eigenvalue weighted by molar-refractivity contribution is 6.30. The Kier molecular flexibility index (Phi) is 4.82. The molecule has 2 aromatic rings. The van der Waals surface area contributed by atoms with Crippen LogP contribution in [-0.2, 0) is 4.79 Å². The maximum atomic E-state index is 13.1. The maximum Gasteiger partial charge on any atom is 0.258 e. The van der Waals surface area contributed by atoms with E-state index in [0.29, 0.717) is 16.7 Å². The van der Waals surface area contributed by atoms with E-state index in [1.54, 1.807) is 12.1 Å². The number of ether oxygens (including phenoxy) is 1. The maximum absolute atomic E-state index is 13.1. The summed E-state index contributed by atoms with van der Waals surface area (Å²) in [5, 5.41) is 3.67. The smallest absolute Gasteiger partial charge is 0.258 e. The highest BCUT2D eigenvalue weighted by Gasteiger charge is 2.33. The fourth-order valence-electron chi connectivity index (χ4n) is 2.49. The number of halogens is 2. The van der Waals surface area contributed by atoms with Crippen molar-refractivity contribution in [1.82, 2.24) is 5.32 Å². The minimum Gasteiger partial charge on any atom is -0.484 e. The van der Waals surface area contributed by atoms with Gasteiger partial charge in [0.25, 0.3) is 5.91 Å². The summed E-state index contributed by atoms with van der Waals surface area (Å²) in [5.74, 6) is 0.185. The molecule has 1 fully saturated rings. The number of amides is 1. The van der Waals surface area contributed by atoms with Crippen molar-refractivity contribution in [1.29, 1.82) is 0 Å². The normalized spacial score (nSPS) is 15.0. The molecule has 3 nitrogen and oxygen atoms in total. The van der Waals surface area contributed by atoms with Crippen LogP contribution in [0.2, 0.25) is 5.02 Å². The third-order valence-corrected chi connectivity index (χ3v) is 4.06. The van der Waals surface area contributed by atoms with E-state index >= 15 is 0 Å². The van der Waals surface area contributed by atoms with E-state index < -0.39 is 0 Å². The highest BCUT2D eigenvalue weighted by atomic mass is 35.5. The fourth-order valence-corrected chi connectivity index (χ4v) is 2.62. The molecule has 0 radical (unpaired) electrons. The van der Waals surface area contributed by atoms with Crippen LogP contribution in [0.1, 0.15) is 24.4 Å². The Bertz CT molecular complexity index is 686.